The zero-order valence-corrected chi connectivity index (χ0v) is 11.1. The molecule has 0 aromatic carbocycles. The molecule has 1 heterocycles. The zero-order chi connectivity index (χ0) is 13.9. The summed E-state index contributed by atoms with van der Waals surface area (Å²) < 4.78 is 0. The Morgan fingerprint density at radius 3 is 2.33 bits per heavy atom. The van der Waals surface area contributed by atoms with Crippen LogP contribution < -0.4 is 0 Å². The number of nitrogens with zero attached hydrogens (tertiary/aromatic N) is 2. The zero-order valence-electron chi connectivity index (χ0n) is 10.3. The van der Waals surface area contributed by atoms with E-state index in [-0.39, 0.29) is 22.3 Å². The third kappa shape index (κ3) is 3.43. The SMILES string of the molecule is Cc1nc(C(C)C)nc(SCC(=O)O)c1C(=O)O. The van der Waals surface area contributed by atoms with E-state index in [4.69, 9.17) is 10.2 Å². The molecule has 0 aliphatic heterocycles. The number of aryl methyl sites for hydroxylation is 1. The van der Waals surface area contributed by atoms with Gasteiger partial charge in [-0.05, 0) is 6.92 Å². The van der Waals surface area contributed by atoms with Gasteiger partial charge in [0.2, 0.25) is 0 Å². The molecule has 98 valence electrons. The van der Waals surface area contributed by atoms with Crippen LogP contribution in [0, 0.1) is 6.92 Å². The summed E-state index contributed by atoms with van der Waals surface area (Å²) in [5.41, 5.74) is 0.333. The van der Waals surface area contributed by atoms with E-state index in [1.807, 2.05) is 13.8 Å². The van der Waals surface area contributed by atoms with Gasteiger partial charge in [-0.25, -0.2) is 14.8 Å². The fraction of sp³-hybridized carbons (Fsp3) is 0.455. The van der Waals surface area contributed by atoms with Crippen molar-refractivity contribution in [2.45, 2.75) is 31.7 Å². The Morgan fingerprint density at radius 1 is 1.28 bits per heavy atom. The van der Waals surface area contributed by atoms with Gasteiger partial charge in [-0.1, -0.05) is 25.6 Å². The van der Waals surface area contributed by atoms with Crippen molar-refractivity contribution in [1.82, 2.24) is 9.97 Å². The molecule has 18 heavy (non-hydrogen) atoms. The predicted molar refractivity (Wildman–Crippen MR) is 66.2 cm³/mol. The van der Waals surface area contributed by atoms with Crippen LogP contribution in [0.25, 0.3) is 0 Å². The minimum absolute atomic E-state index is 0.0225. The number of hydrogen-bond donors (Lipinski definition) is 2. The second-order valence-corrected chi connectivity index (χ2v) is 4.95. The molecule has 7 heteroatoms. The first-order valence-corrected chi connectivity index (χ1v) is 6.28. The lowest BCUT2D eigenvalue weighted by atomic mass is 10.2. The lowest BCUT2D eigenvalue weighted by Crippen LogP contribution is -2.11. The highest BCUT2D eigenvalue weighted by Crippen LogP contribution is 2.24. The van der Waals surface area contributed by atoms with Crippen LogP contribution in [-0.2, 0) is 4.79 Å². The molecule has 0 aliphatic rings. The van der Waals surface area contributed by atoms with Gasteiger partial charge in [0.25, 0.3) is 0 Å². The first kappa shape index (κ1) is 14.4. The second-order valence-electron chi connectivity index (χ2n) is 3.99. The number of aromatic nitrogens is 2. The molecule has 0 saturated heterocycles. The van der Waals surface area contributed by atoms with Crippen LogP contribution >= 0.6 is 11.8 Å². The summed E-state index contributed by atoms with van der Waals surface area (Å²) >= 11 is 0.898. The minimum atomic E-state index is -1.14. The summed E-state index contributed by atoms with van der Waals surface area (Å²) in [6, 6.07) is 0. The number of carboxylic acid groups (broad SMARTS) is 2. The van der Waals surface area contributed by atoms with Gasteiger partial charge in [-0.3, -0.25) is 4.79 Å². The molecule has 0 amide bonds. The molecule has 0 bridgehead atoms. The smallest absolute Gasteiger partial charge is 0.340 e. The second kappa shape index (κ2) is 5.81. The summed E-state index contributed by atoms with van der Waals surface area (Å²) in [7, 11) is 0. The van der Waals surface area contributed by atoms with Gasteiger partial charge in [0.15, 0.2) is 0 Å². The first-order chi connectivity index (χ1) is 8.32. The Morgan fingerprint density at radius 2 is 1.89 bits per heavy atom. The van der Waals surface area contributed by atoms with Gasteiger partial charge in [0.1, 0.15) is 16.4 Å². The van der Waals surface area contributed by atoms with Crippen LogP contribution in [0.5, 0.6) is 0 Å². The molecule has 0 fully saturated rings. The number of aromatic carboxylic acids is 1. The van der Waals surface area contributed by atoms with Crippen LogP contribution in [0.15, 0.2) is 5.03 Å². The van der Waals surface area contributed by atoms with Crippen molar-refractivity contribution in [3.05, 3.63) is 17.1 Å². The number of hydrogen-bond acceptors (Lipinski definition) is 5. The topological polar surface area (TPSA) is 100 Å². The maximum Gasteiger partial charge on any atom is 0.340 e. The van der Waals surface area contributed by atoms with Crippen molar-refractivity contribution in [2.75, 3.05) is 5.75 Å². The number of rotatable bonds is 5. The number of thioether (sulfide) groups is 1. The van der Waals surface area contributed by atoms with Crippen LogP contribution in [-0.4, -0.2) is 37.9 Å². The van der Waals surface area contributed by atoms with Crippen molar-refractivity contribution in [1.29, 1.82) is 0 Å². The third-order valence-electron chi connectivity index (χ3n) is 2.14. The first-order valence-electron chi connectivity index (χ1n) is 5.29. The van der Waals surface area contributed by atoms with Crippen molar-refractivity contribution >= 4 is 23.7 Å². The fourth-order valence-electron chi connectivity index (χ4n) is 1.31. The highest BCUT2D eigenvalue weighted by Gasteiger charge is 2.20. The molecule has 1 rings (SSSR count). The monoisotopic (exact) mass is 270 g/mol. The van der Waals surface area contributed by atoms with Crippen LogP contribution in [0.4, 0.5) is 0 Å². The highest BCUT2D eigenvalue weighted by molar-refractivity contribution is 7.99. The van der Waals surface area contributed by atoms with E-state index in [0.717, 1.165) is 11.8 Å². The maximum atomic E-state index is 11.1. The van der Waals surface area contributed by atoms with Gasteiger partial charge < -0.3 is 10.2 Å². The van der Waals surface area contributed by atoms with Gasteiger partial charge in [-0.15, -0.1) is 0 Å². The highest BCUT2D eigenvalue weighted by atomic mass is 32.2. The average Bonchev–Trinajstić information content (AvgIpc) is 2.24. The summed E-state index contributed by atoms with van der Waals surface area (Å²) in [6.45, 7) is 5.36. The third-order valence-corrected chi connectivity index (χ3v) is 3.10. The van der Waals surface area contributed by atoms with Gasteiger partial charge in [0.05, 0.1) is 11.4 Å². The number of aliphatic carboxylic acids is 1. The molecule has 2 N–H and O–H groups in total. The molecular formula is C11H14N2O4S. The van der Waals surface area contributed by atoms with E-state index in [9.17, 15) is 9.59 Å². The fourth-order valence-corrected chi connectivity index (χ4v) is 2.10. The van der Waals surface area contributed by atoms with Crippen molar-refractivity contribution < 1.29 is 19.8 Å². The lowest BCUT2D eigenvalue weighted by molar-refractivity contribution is -0.133. The molecular weight excluding hydrogens is 256 g/mol. The average molecular weight is 270 g/mol. The van der Waals surface area contributed by atoms with Crippen LogP contribution in [0.2, 0.25) is 0 Å². The molecule has 1 aromatic rings. The van der Waals surface area contributed by atoms with E-state index < -0.39 is 11.9 Å². The Labute approximate surface area is 108 Å². The summed E-state index contributed by atoms with van der Waals surface area (Å²) in [5.74, 6) is -1.82. The number of carboxylic acids is 2. The maximum absolute atomic E-state index is 11.1. The van der Waals surface area contributed by atoms with Crippen LogP contribution in [0.3, 0.4) is 0 Å². The number of carbonyl (C=O) groups is 2. The lowest BCUT2D eigenvalue weighted by Gasteiger charge is -2.11. The van der Waals surface area contributed by atoms with Crippen LogP contribution in [0.1, 0.15) is 41.6 Å². The summed E-state index contributed by atoms with van der Waals surface area (Å²) in [6.07, 6.45) is 0. The normalized spacial score (nSPS) is 10.7. The van der Waals surface area contributed by atoms with E-state index in [1.54, 1.807) is 6.92 Å². The molecule has 0 aliphatic carbocycles. The molecule has 0 saturated carbocycles. The molecule has 0 unspecified atom stereocenters. The quantitative estimate of drug-likeness (QED) is 0.621. The van der Waals surface area contributed by atoms with E-state index in [0.29, 0.717) is 11.5 Å². The molecule has 0 atom stereocenters. The molecule has 6 nitrogen and oxygen atoms in total. The summed E-state index contributed by atoms with van der Waals surface area (Å²) in [5, 5.41) is 18.0. The van der Waals surface area contributed by atoms with Crippen molar-refractivity contribution in [2.24, 2.45) is 0 Å². The van der Waals surface area contributed by atoms with Gasteiger partial charge in [0, 0.05) is 5.92 Å². The Bertz CT molecular complexity index is 488. The Kier molecular flexibility index (Phi) is 4.66. The Hall–Kier alpha value is -1.63. The Balaban J connectivity index is 3.24. The van der Waals surface area contributed by atoms with Gasteiger partial charge in [-0.2, -0.15) is 0 Å². The predicted octanol–water partition coefficient (Wildman–Crippen LogP) is 1.78. The van der Waals surface area contributed by atoms with Gasteiger partial charge >= 0.3 is 11.9 Å². The van der Waals surface area contributed by atoms with E-state index >= 15 is 0 Å². The molecule has 0 spiro atoms. The minimum Gasteiger partial charge on any atom is -0.481 e. The van der Waals surface area contributed by atoms with E-state index in [1.165, 1.54) is 0 Å². The van der Waals surface area contributed by atoms with Crippen molar-refractivity contribution in [3.8, 4) is 0 Å². The van der Waals surface area contributed by atoms with E-state index in [2.05, 4.69) is 9.97 Å². The standard InChI is InChI=1S/C11H14N2O4S/c1-5(2)9-12-6(3)8(11(16)17)10(13-9)18-4-7(14)15/h5H,4H2,1-3H3,(H,14,15)(H,16,17). The molecule has 1 aromatic heterocycles. The largest absolute Gasteiger partial charge is 0.481 e. The van der Waals surface area contributed by atoms with Crippen molar-refractivity contribution in [3.63, 3.8) is 0 Å². The molecule has 0 radical (unpaired) electrons. The summed E-state index contributed by atoms with van der Waals surface area (Å²) in [4.78, 5) is 29.9.